The smallest absolute Gasteiger partial charge is 0.226 e. The minimum Gasteiger partial charge on any atom is -0.364 e. The van der Waals surface area contributed by atoms with Crippen LogP contribution >= 0.6 is 11.6 Å². The Labute approximate surface area is 124 Å². The van der Waals surface area contributed by atoms with Gasteiger partial charge >= 0.3 is 0 Å². The first-order chi connectivity index (χ1) is 10.3. The van der Waals surface area contributed by atoms with Crippen molar-refractivity contribution in [1.82, 2.24) is 29.5 Å². The monoisotopic (exact) mass is 299 g/mol. The van der Waals surface area contributed by atoms with Crippen LogP contribution < -0.4 is 5.32 Å². The van der Waals surface area contributed by atoms with Crippen LogP contribution in [0.15, 0.2) is 36.9 Å². The number of pyridine rings is 1. The summed E-state index contributed by atoms with van der Waals surface area (Å²) in [4.78, 5) is 15.3. The van der Waals surface area contributed by atoms with Crippen LogP contribution in [0.5, 0.6) is 0 Å². The number of hydrogen-bond acceptors (Lipinski definition) is 5. The van der Waals surface area contributed by atoms with Crippen molar-refractivity contribution in [3.05, 3.63) is 47.8 Å². The summed E-state index contributed by atoms with van der Waals surface area (Å²) in [5, 5.41) is 7.71. The van der Waals surface area contributed by atoms with E-state index in [1.54, 1.807) is 6.33 Å². The van der Waals surface area contributed by atoms with E-state index in [0.717, 1.165) is 16.6 Å². The molecule has 0 saturated carbocycles. The van der Waals surface area contributed by atoms with Crippen LogP contribution in [0.1, 0.15) is 5.56 Å². The maximum Gasteiger partial charge on any atom is 0.226 e. The molecule has 0 aliphatic rings. The van der Waals surface area contributed by atoms with Crippen LogP contribution in [0.4, 0.5) is 5.82 Å². The number of H-pyrrole nitrogens is 1. The maximum absolute atomic E-state index is 5.90. The van der Waals surface area contributed by atoms with Crippen molar-refractivity contribution >= 4 is 34.1 Å². The molecule has 104 valence electrons. The zero-order valence-electron chi connectivity index (χ0n) is 10.8. The highest BCUT2D eigenvalue weighted by Crippen LogP contribution is 2.20. The van der Waals surface area contributed by atoms with Crippen LogP contribution in [0.3, 0.4) is 0 Å². The van der Waals surface area contributed by atoms with Crippen LogP contribution in [0.25, 0.3) is 16.7 Å². The predicted octanol–water partition coefficient (Wildman–Crippen LogP) is 2.27. The van der Waals surface area contributed by atoms with Gasteiger partial charge in [-0.3, -0.25) is 0 Å². The van der Waals surface area contributed by atoms with Crippen LogP contribution in [-0.4, -0.2) is 29.5 Å². The van der Waals surface area contributed by atoms with E-state index in [1.807, 2.05) is 35.1 Å². The van der Waals surface area contributed by atoms with Crippen LogP contribution in [-0.2, 0) is 6.54 Å². The standard InChI is InChI=1S/C13H10ClN7/c14-13-19-11(10-12(20-13)17-7-16-10)15-5-8-6-18-21-4-2-1-3-9(8)21/h1-4,6-7H,5H2,(H2,15,16,17,19,20). The SMILES string of the molecule is Clc1nc(NCc2cnn3ccccc23)c2[nH]cnc2n1. The first-order valence-corrected chi connectivity index (χ1v) is 6.71. The lowest BCUT2D eigenvalue weighted by molar-refractivity contribution is 0.961. The molecular weight excluding hydrogens is 290 g/mol. The minimum atomic E-state index is 0.164. The van der Waals surface area contributed by atoms with E-state index in [1.165, 1.54) is 0 Å². The summed E-state index contributed by atoms with van der Waals surface area (Å²) in [6.07, 6.45) is 5.30. The summed E-state index contributed by atoms with van der Waals surface area (Å²) in [6.45, 7) is 0.578. The first kappa shape index (κ1) is 12.1. The Kier molecular flexibility index (Phi) is 2.71. The van der Waals surface area contributed by atoms with Crippen molar-refractivity contribution in [2.45, 2.75) is 6.54 Å². The summed E-state index contributed by atoms with van der Waals surface area (Å²) in [5.74, 6) is 0.623. The zero-order valence-corrected chi connectivity index (χ0v) is 11.5. The first-order valence-electron chi connectivity index (χ1n) is 6.33. The van der Waals surface area contributed by atoms with E-state index in [2.05, 4.69) is 30.4 Å². The van der Waals surface area contributed by atoms with Crippen molar-refractivity contribution in [3.8, 4) is 0 Å². The van der Waals surface area contributed by atoms with Gasteiger partial charge in [0.15, 0.2) is 11.5 Å². The summed E-state index contributed by atoms with van der Waals surface area (Å²) in [5.41, 5.74) is 3.39. The lowest BCUT2D eigenvalue weighted by atomic mass is 10.2. The van der Waals surface area contributed by atoms with Gasteiger partial charge in [-0.2, -0.15) is 15.1 Å². The number of aromatic amines is 1. The lowest BCUT2D eigenvalue weighted by Crippen LogP contribution is -2.03. The molecule has 4 aromatic heterocycles. The van der Waals surface area contributed by atoms with E-state index in [4.69, 9.17) is 11.6 Å². The molecule has 7 nitrogen and oxygen atoms in total. The molecule has 0 bridgehead atoms. The predicted molar refractivity (Wildman–Crippen MR) is 79.2 cm³/mol. The topological polar surface area (TPSA) is 83.8 Å². The third kappa shape index (κ3) is 2.07. The molecule has 0 aliphatic carbocycles. The number of fused-ring (bicyclic) bond motifs is 2. The van der Waals surface area contributed by atoms with E-state index < -0.39 is 0 Å². The van der Waals surface area contributed by atoms with E-state index >= 15 is 0 Å². The van der Waals surface area contributed by atoms with Gasteiger partial charge in [0.25, 0.3) is 0 Å². The number of imidazole rings is 1. The van der Waals surface area contributed by atoms with Crippen LogP contribution in [0, 0.1) is 0 Å². The molecular formula is C13H10ClN7. The molecule has 0 aromatic carbocycles. The van der Waals surface area contributed by atoms with Gasteiger partial charge < -0.3 is 10.3 Å². The van der Waals surface area contributed by atoms with Gasteiger partial charge in [-0.1, -0.05) is 6.07 Å². The third-order valence-corrected chi connectivity index (χ3v) is 3.38. The van der Waals surface area contributed by atoms with Crippen molar-refractivity contribution < 1.29 is 0 Å². The molecule has 0 atom stereocenters. The Hall–Kier alpha value is -2.67. The second-order valence-electron chi connectivity index (χ2n) is 4.50. The van der Waals surface area contributed by atoms with Crippen LogP contribution in [0.2, 0.25) is 5.28 Å². The highest BCUT2D eigenvalue weighted by Gasteiger charge is 2.10. The van der Waals surface area contributed by atoms with E-state index in [9.17, 15) is 0 Å². The zero-order chi connectivity index (χ0) is 14.2. The number of aromatic nitrogens is 6. The molecule has 0 unspecified atom stereocenters. The normalized spacial score (nSPS) is 11.3. The highest BCUT2D eigenvalue weighted by molar-refractivity contribution is 6.28. The van der Waals surface area contributed by atoms with E-state index in [0.29, 0.717) is 18.0 Å². The van der Waals surface area contributed by atoms with Gasteiger partial charge in [0, 0.05) is 18.3 Å². The average molecular weight is 300 g/mol. The van der Waals surface area contributed by atoms with Gasteiger partial charge in [0.05, 0.1) is 18.0 Å². The fraction of sp³-hybridized carbons (Fsp3) is 0.0769. The largest absolute Gasteiger partial charge is 0.364 e. The molecule has 4 rings (SSSR count). The number of rotatable bonds is 3. The summed E-state index contributed by atoms with van der Waals surface area (Å²) in [6, 6.07) is 5.94. The Morgan fingerprint density at radius 1 is 1.29 bits per heavy atom. The van der Waals surface area contributed by atoms with Gasteiger partial charge in [-0.05, 0) is 23.7 Å². The molecule has 0 spiro atoms. The second kappa shape index (κ2) is 4.71. The van der Waals surface area contributed by atoms with Gasteiger partial charge in [-0.25, -0.2) is 9.50 Å². The van der Waals surface area contributed by atoms with Crippen molar-refractivity contribution in [2.75, 3.05) is 5.32 Å². The third-order valence-electron chi connectivity index (χ3n) is 3.21. The number of hydrogen-bond donors (Lipinski definition) is 2. The van der Waals surface area contributed by atoms with Crippen molar-refractivity contribution in [2.24, 2.45) is 0 Å². The second-order valence-corrected chi connectivity index (χ2v) is 4.83. The molecule has 0 aliphatic heterocycles. The molecule has 0 saturated heterocycles. The molecule has 21 heavy (non-hydrogen) atoms. The number of nitrogens with one attached hydrogen (secondary N) is 2. The Morgan fingerprint density at radius 2 is 2.24 bits per heavy atom. The number of anilines is 1. The number of halogens is 1. The highest BCUT2D eigenvalue weighted by atomic mass is 35.5. The summed E-state index contributed by atoms with van der Waals surface area (Å²) in [7, 11) is 0. The van der Waals surface area contributed by atoms with Gasteiger partial charge in [-0.15, -0.1) is 0 Å². The molecule has 4 heterocycles. The number of nitrogens with zero attached hydrogens (tertiary/aromatic N) is 5. The minimum absolute atomic E-state index is 0.164. The summed E-state index contributed by atoms with van der Waals surface area (Å²) >= 11 is 5.90. The fourth-order valence-corrected chi connectivity index (χ4v) is 2.40. The summed E-state index contributed by atoms with van der Waals surface area (Å²) < 4.78 is 1.83. The van der Waals surface area contributed by atoms with Gasteiger partial charge in [0.1, 0.15) is 5.52 Å². The molecule has 2 N–H and O–H groups in total. The quantitative estimate of drug-likeness (QED) is 0.567. The molecule has 8 heteroatoms. The average Bonchev–Trinajstić information content (AvgIpc) is 3.11. The molecule has 0 radical (unpaired) electrons. The maximum atomic E-state index is 5.90. The van der Waals surface area contributed by atoms with Gasteiger partial charge in [0.2, 0.25) is 5.28 Å². The Bertz CT molecular complexity index is 926. The molecule has 0 amide bonds. The molecule has 4 aromatic rings. The van der Waals surface area contributed by atoms with E-state index in [-0.39, 0.29) is 5.28 Å². The lowest BCUT2D eigenvalue weighted by Gasteiger charge is -2.05. The van der Waals surface area contributed by atoms with Crippen molar-refractivity contribution in [1.29, 1.82) is 0 Å². The fourth-order valence-electron chi connectivity index (χ4n) is 2.24. The Balaban J connectivity index is 1.68. The molecule has 0 fully saturated rings. The van der Waals surface area contributed by atoms with Crippen molar-refractivity contribution in [3.63, 3.8) is 0 Å². The Morgan fingerprint density at radius 3 is 3.19 bits per heavy atom.